The minimum absolute atomic E-state index is 0.147. The molecule has 2 heterocycles. The van der Waals surface area contributed by atoms with Gasteiger partial charge in [-0.2, -0.15) is 10.2 Å². The van der Waals surface area contributed by atoms with Crippen molar-refractivity contribution >= 4 is 0 Å². The van der Waals surface area contributed by atoms with E-state index in [1.807, 2.05) is 13.2 Å². The fourth-order valence-corrected chi connectivity index (χ4v) is 4.79. The summed E-state index contributed by atoms with van der Waals surface area (Å²) in [5.41, 5.74) is 4.80. The lowest BCUT2D eigenvalue weighted by Gasteiger charge is -2.33. The zero-order valence-electron chi connectivity index (χ0n) is 16.0. The zero-order chi connectivity index (χ0) is 17.8. The first kappa shape index (κ1) is 16.6. The molecule has 0 aromatic carbocycles. The first-order valence-electron chi connectivity index (χ1n) is 9.43. The van der Waals surface area contributed by atoms with Gasteiger partial charge < -0.3 is 4.74 Å². The van der Waals surface area contributed by atoms with Gasteiger partial charge in [-0.25, -0.2) is 4.68 Å². The van der Waals surface area contributed by atoms with Crippen molar-refractivity contribution < 1.29 is 4.74 Å². The van der Waals surface area contributed by atoms with Crippen molar-refractivity contribution in [2.45, 2.75) is 64.7 Å². The molecule has 2 bridgehead atoms. The van der Waals surface area contributed by atoms with E-state index in [1.54, 1.807) is 4.68 Å². The summed E-state index contributed by atoms with van der Waals surface area (Å²) in [7, 11) is 1.91. The average Bonchev–Trinajstić information content (AvgIpc) is 3.11. The number of hydrogen-bond acceptors (Lipinski definition) is 4. The van der Waals surface area contributed by atoms with E-state index in [0.29, 0.717) is 12.5 Å². The standard InChI is InChI=1S/C20H28N4O/c1-6-7-10-25-18-14(12-21-24(18)5)16-11-13-15-8-9-20(4,19(15,2)3)17(13)23-22-16/h11-12,15H,6-10H2,1-5H3. The van der Waals surface area contributed by atoms with Gasteiger partial charge >= 0.3 is 0 Å². The van der Waals surface area contributed by atoms with Crippen LogP contribution in [0.15, 0.2) is 12.3 Å². The number of fused-ring (bicyclic) bond motifs is 5. The van der Waals surface area contributed by atoms with Crippen LogP contribution < -0.4 is 4.74 Å². The van der Waals surface area contributed by atoms with E-state index in [2.05, 4.69) is 49.1 Å². The van der Waals surface area contributed by atoms with E-state index < -0.39 is 0 Å². The molecule has 0 aliphatic heterocycles. The van der Waals surface area contributed by atoms with Crippen LogP contribution in [0.2, 0.25) is 0 Å². The minimum atomic E-state index is 0.147. The van der Waals surface area contributed by atoms with E-state index in [0.717, 1.165) is 30.0 Å². The number of unbranched alkanes of at least 4 members (excludes halogenated alkanes) is 1. The second-order valence-corrected chi connectivity index (χ2v) is 8.37. The Balaban J connectivity index is 1.73. The van der Waals surface area contributed by atoms with E-state index in [-0.39, 0.29) is 10.8 Å². The highest BCUT2D eigenvalue weighted by atomic mass is 16.5. The average molecular weight is 340 g/mol. The molecule has 0 radical (unpaired) electrons. The molecule has 4 rings (SSSR count). The number of ether oxygens (including phenoxy) is 1. The Kier molecular flexibility index (Phi) is 3.67. The monoisotopic (exact) mass is 340 g/mol. The summed E-state index contributed by atoms with van der Waals surface area (Å²) in [5.74, 6) is 1.36. The SMILES string of the molecule is CCCCOc1c(-c2cc3c(nn2)C2(C)CCC3C2(C)C)cnn1C. The molecule has 5 heteroatoms. The molecule has 2 aromatic rings. The molecular formula is C20H28N4O. The molecule has 5 nitrogen and oxygen atoms in total. The predicted molar refractivity (Wildman–Crippen MR) is 97.7 cm³/mol. The lowest BCUT2D eigenvalue weighted by atomic mass is 9.70. The van der Waals surface area contributed by atoms with Crippen molar-refractivity contribution in [1.82, 2.24) is 20.0 Å². The highest BCUT2D eigenvalue weighted by Gasteiger charge is 2.60. The number of rotatable bonds is 5. The van der Waals surface area contributed by atoms with Crippen molar-refractivity contribution in [2.75, 3.05) is 6.61 Å². The predicted octanol–water partition coefficient (Wildman–Crippen LogP) is 4.23. The van der Waals surface area contributed by atoms with Crippen molar-refractivity contribution in [1.29, 1.82) is 0 Å². The molecule has 1 saturated carbocycles. The molecule has 2 aliphatic carbocycles. The lowest BCUT2D eigenvalue weighted by molar-refractivity contribution is 0.226. The zero-order valence-corrected chi connectivity index (χ0v) is 16.0. The fourth-order valence-electron chi connectivity index (χ4n) is 4.79. The Morgan fingerprint density at radius 1 is 1.28 bits per heavy atom. The maximum absolute atomic E-state index is 5.98. The molecule has 2 unspecified atom stereocenters. The third-order valence-electron chi connectivity index (χ3n) is 6.84. The van der Waals surface area contributed by atoms with Crippen molar-refractivity contribution in [3.05, 3.63) is 23.5 Å². The molecule has 2 atom stereocenters. The van der Waals surface area contributed by atoms with Gasteiger partial charge in [0.1, 0.15) is 5.69 Å². The first-order chi connectivity index (χ1) is 11.9. The Labute approximate surface area is 149 Å². The molecule has 1 fully saturated rings. The third kappa shape index (κ3) is 2.17. The van der Waals surface area contributed by atoms with Crippen LogP contribution in [0, 0.1) is 5.41 Å². The molecular weight excluding hydrogens is 312 g/mol. The van der Waals surface area contributed by atoms with Crippen molar-refractivity contribution in [2.24, 2.45) is 12.5 Å². The highest BCUT2D eigenvalue weighted by Crippen LogP contribution is 2.67. The minimum Gasteiger partial charge on any atom is -0.477 e. The molecule has 134 valence electrons. The Morgan fingerprint density at radius 3 is 2.84 bits per heavy atom. The van der Waals surface area contributed by atoms with E-state index in [1.165, 1.54) is 24.1 Å². The number of aromatic nitrogens is 4. The van der Waals surface area contributed by atoms with E-state index in [9.17, 15) is 0 Å². The summed E-state index contributed by atoms with van der Waals surface area (Å²) >= 11 is 0. The van der Waals surface area contributed by atoms with Gasteiger partial charge in [0.05, 0.1) is 24.1 Å². The second kappa shape index (κ2) is 5.55. The van der Waals surface area contributed by atoms with Crippen molar-refractivity contribution in [3.8, 4) is 17.1 Å². The van der Waals surface area contributed by atoms with Crippen LogP contribution in [-0.4, -0.2) is 26.6 Å². The summed E-state index contributed by atoms with van der Waals surface area (Å²) < 4.78 is 7.77. The Bertz CT molecular complexity index is 810. The third-order valence-corrected chi connectivity index (χ3v) is 6.84. The summed E-state index contributed by atoms with van der Waals surface area (Å²) in [6, 6.07) is 2.24. The molecule has 25 heavy (non-hydrogen) atoms. The highest BCUT2D eigenvalue weighted by molar-refractivity contribution is 5.66. The lowest BCUT2D eigenvalue weighted by Crippen LogP contribution is -2.32. The van der Waals surface area contributed by atoms with Gasteiger partial charge in [0, 0.05) is 12.5 Å². The van der Waals surface area contributed by atoms with Crippen LogP contribution in [0.25, 0.3) is 11.3 Å². The van der Waals surface area contributed by atoms with Gasteiger partial charge in [-0.3, -0.25) is 0 Å². The maximum Gasteiger partial charge on any atom is 0.221 e. The van der Waals surface area contributed by atoms with Gasteiger partial charge in [-0.1, -0.05) is 34.1 Å². The molecule has 0 saturated heterocycles. The van der Waals surface area contributed by atoms with Gasteiger partial charge in [0.15, 0.2) is 0 Å². The van der Waals surface area contributed by atoms with Crippen molar-refractivity contribution in [3.63, 3.8) is 0 Å². The summed E-state index contributed by atoms with van der Waals surface area (Å²) in [6.07, 6.45) is 6.45. The maximum atomic E-state index is 5.98. The van der Waals surface area contributed by atoms with Gasteiger partial charge in [0.2, 0.25) is 5.88 Å². The van der Waals surface area contributed by atoms with Crippen LogP contribution in [0.4, 0.5) is 0 Å². The van der Waals surface area contributed by atoms with Gasteiger partial charge in [-0.05, 0) is 42.2 Å². The quantitative estimate of drug-likeness (QED) is 0.764. The molecule has 0 amide bonds. The smallest absolute Gasteiger partial charge is 0.221 e. The summed E-state index contributed by atoms with van der Waals surface area (Å²) in [4.78, 5) is 0. The second-order valence-electron chi connectivity index (χ2n) is 8.37. The summed E-state index contributed by atoms with van der Waals surface area (Å²) in [6.45, 7) is 9.99. The van der Waals surface area contributed by atoms with Crippen LogP contribution >= 0.6 is 0 Å². The normalized spacial score (nSPS) is 26.0. The molecule has 0 spiro atoms. The number of aryl methyl sites for hydroxylation is 1. The fraction of sp³-hybridized carbons (Fsp3) is 0.650. The topological polar surface area (TPSA) is 52.8 Å². The largest absolute Gasteiger partial charge is 0.477 e. The van der Waals surface area contributed by atoms with Gasteiger partial charge in [0.25, 0.3) is 0 Å². The summed E-state index contributed by atoms with van der Waals surface area (Å²) in [5, 5.41) is 13.6. The van der Waals surface area contributed by atoms with Crippen LogP contribution in [0.5, 0.6) is 5.88 Å². The van der Waals surface area contributed by atoms with E-state index >= 15 is 0 Å². The van der Waals surface area contributed by atoms with Crippen LogP contribution in [0.1, 0.15) is 70.6 Å². The first-order valence-corrected chi connectivity index (χ1v) is 9.43. The number of nitrogens with zero attached hydrogens (tertiary/aromatic N) is 4. The Morgan fingerprint density at radius 2 is 2.08 bits per heavy atom. The molecule has 2 aliphatic rings. The molecule has 2 aromatic heterocycles. The number of hydrogen-bond donors (Lipinski definition) is 0. The van der Waals surface area contributed by atoms with Crippen LogP contribution in [0.3, 0.4) is 0 Å². The van der Waals surface area contributed by atoms with Crippen LogP contribution in [-0.2, 0) is 12.5 Å². The Hall–Kier alpha value is -1.91. The molecule has 0 N–H and O–H groups in total. The van der Waals surface area contributed by atoms with E-state index in [4.69, 9.17) is 4.74 Å². The van der Waals surface area contributed by atoms with Gasteiger partial charge in [-0.15, -0.1) is 5.10 Å².